The van der Waals surface area contributed by atoms with Gasteiger partial charge >= 0.3 is 0 Å². The standard InChI is InChI=1S/C12H18N2O/c13-11-7-4-6-10(9-11)5-2-1-3-8-12(14)15/h4,6-7,9H,1-3,5,8,13H2,(H2,14,15). The molecule has 0 radical (unpaired) electrons. The fourth-order valence-corrected chi connectivity index (χ4v) is 1.55. The first-order valence-electron chi connectivity index (χ1n) is 5.31. The van der Waals surface area contributed by atoms with Gasteiger partial charge in [0.15, 0.2) is 0 Å². The van der Waals surface area contributed by atoms with Gasteiger partial charge in [-0.3, -0.25) is 4.79 Å². The quantitative estimate of drug-likeness (QED) is 0.551. The number of carbonyl (C=O) groups is 1. The van der Waals surface area contributed by atoms with Gasteiger partial charge in [-0.2, -0.15) is 0 Å². The van der Waals surface area contributed by atoms with Crippen molar-refractivity contribution in [2.45, 2.75) is 32.1 Å². The number of aryl methyl sites for hydroxylation is 1. The van der Waals surface area contributed by atoms with Crippen molar-refractivity contribution in [2.24, 2.45) is 5.73 Å². The molecule has 1 rings (SSSR count). The zero-order valence-corrected chi connectivity index (χ0v) is 8.91. The summed E-state index contributed by atoms with van der Waals surface area (Å²) in [5, 5.41) is 0. The number of nitrogen functional groups attached to an aromatic ring is 1. The van der Waals surface area contributed by atoms with Crippen molar-refractivity contribution in [3.05, 3.63) is 29.8 Å². The fraction of sp³-hybridized carbons (Fsp3) is 0.417. The van der Waals surface area contributed by atoms with Crippen molar-refractivity contribution in [3.63, 3.8) is 0 Å². The molecule has 0 bridgehead atoms. The molecule has 4 N–H and O–H groups in total. The van der Waals surface area contributed by atoms with Crippen molar-refractivity contribution in [1.82, 2.24) is 0 Å². The lowest BCUT2D eigenvalue weighted by Crippen LogP contribution is -2.09. The Morgan fingerprint density at radius 2 is 2.00 bits per heavy atom. The second-order valence-corrected chi connectivity index (χ2v) is 3.77. The van der Waals surface area contributed by atoms with Gasteiger partial charge in [-0.05, 0) is 37.0 Å². The normalized spacial score (nSPS) is 10.1. The van der Waals surface area contributed by atoms with Gasteiger partial charge < -0.3 is 11.5 Å². The minimum Gasteiger partial charge on any atom is -0.399 e. The molecule has 0 unspecified atom stereocenters. The smallest absolute Gasteiger partial charge is 0.217 e. The summed E-state index contributed by atoms with van der Waals surface area (Å²) in [5.41, 5.74) is 12.8. The van der Waals surface area contributed by atoms with Crippen LogP contribution in [-0.2, 0) is 11.2 Å². The van der Waals surface area contributed by atoms with Crippen molar-refractivity contribution in [3.8, 4) is 0 Å². The molecular formula is C12H18N2O. The molecule has 0 aromatic heterocycles. The zero-order valence-electron chi connectivity index (χ0n) is 8.91. The summed E-state index contributed by atoms with van der Waals surface area (Å²) < 4.78 is 0. The summed E-state index contributed by atoms with van der Waals surface area (Å²) in [5.74, 6) is -0.209. The predicted octanol–water partition coefficient (Wildman–Crippen LogP) is 1.86. The number of unbranched alkanes of at least 4 members (excludes halogenated alkanes) is 2. The lowest BCUT2D eigenvalue weighted by atomic mass is 10.1. The molecule has 1 aromatic rings. The molecule has 0 heterocycles. The first-order chi connectivity index (χ1) is 7.18. The topological polar surface area (TPSA) is 69.1 Å². The van der Waals surface area contributed by atoms with Gasteiger partial charge in [-0.15, -0.1) is 0 Å². The van der Waals surface area contributed by atoms with Crippen LogP contribution in [0, 0.1) is 0 Å². The van der Waals surface area contributed by atoms with Gasteiger partial charge in [0.05, 0.1) is 0 Å². The van der Waals surface area contributed by atoms with Crippen LogP contribution in [0.4, 0.5) is 5.69 Å². The van der Waals surface area contributed by atoms with Crippen LogP contribution in [0.3, 0.4) is 0 Å². The minimum atomic E-state index is -0.209. The van der Waals surface area contributed by atoms with Crippen molar-refractivity contribution in [1.29, 1.82) is 0 Å². The van der Waals surface area contributed by atoms with Crippen LogP contribution in [0.2, 0.25) is 0 Å². The average Bonchev–Trinajstić information content (AvgIpc) is 2.17. The van der Waals surface area contributed by atoms with Crippen LogP contribution in [0.5, 0.6) is 0 Å². The summed E-state index contributed by atoms with van der Waals surface area (Å²) in [6.07, 6.45) is 4.52. The summed E-state index contributed by atoms with van der Waals surface area (Å²) in [6.45, 7) is 0. The number of benzene rings is 1. The Labute approximate surface area is 90.5 Å². The Morgan fingerprint density at radius 1 is 1.20 bits per heavy atom. The fourth-order valence-electron chi connectivity index (χ4n) is 1.55. The van der Waals surface area contributed by atoms with Gasteiger partial charge in [0.1, 0.15) is 0 Å². The van der Waals surface area contributed by atoms with E-state index in [4.69, 9.17) is 11.5 Å². The third kappa shape index (κ3) is 5.05. The van der Waals surface area contributed by atoms with E-state index >= 15 is 0 Å². The van der Waals surface area contributed by atoms with Gasteiger partial charge in [0.2, 0.25) is 5.91 Å². The van der Waals surface area contributed by atoms with E-state index in [9.17, 15) is 4.79 Å². The van der Waals surface area contributed by atoms with Gasteiger partial charge in [0, 0.05) is 12.1 Å². The number of hydrogen-bond acceptors (Lipinski definition) is 2. The van der Waals surface area contributed by atoms with E-state index in [-0.39, 0.29) is 5.91 Å². The summed E-state index contributed by atoms with van der Waals surface area (Å²) in [6, 6.07) is 7.92. The number of carbonyl (C=O) groups excluding carboxylic acids is 1. The van der Waals surface area contributed by atoms with Crippen molar-refractivity contribution >= 4 is 11.6 Å². The lowest BCUT2D eigenvalue weighted by molar-refractivity contribution is -0.118. The predicted molar refractivity (Wildman–Crippen MR) is 62.2 cm³/mol. The maximum atomic E-state index is 10.5. The molecule has 0 spiro atoms. The second kappa shape index (κ2) is 6.06. The van der Waals surface area contributed by atoms with E-state index in [1.54, 1.807) is 0 Å². The van der Waals surface area contributed by atoms with Crippen LogP contribution in [-0.4, -0.2) is 5.91 Å². The van der Waals surface area contributed by atoms with Gasteiger partial charge in [-0.25, -0.2) is 0 Å². The van der Waals surface area contributed by atoms with Crippen LogP contribution >= 0.6 is 0 Å². The van der Waals surface area contributed by atoms with Gasteiger partial charge in [-0.1, -0.05) is 18.6 Å². The summed E-state index contributed by atoms with van der Waals surface area (Å²) in [4.78, 5) is 10.5. The van der Waals surface area contributed by atoms with E-state index in [1.165, 1.54) is 5.56 Å². The largest absolute Gasteiger partial charge is 0.399 e. The summed E-state index contributed by atoms with van der Waals surface area (Å²) >= 11 is 0. The highest BCUT2D eigenvalue weighted by molar-refractivity contribution is 5.73. The first-order valence-corrected chi connectivity index (χ1v) is 5.31. The molecule has 0 fully saturated rings. The van der Waals surface area contributed by atoms with Crippen LogP contribution in [0.25, 0.3) is 0 Å². The molecule has 0 saturated heterocycles. The van der Waals surface area contributed by atoms with E-state index < -0.39 is 0 Å². The highest BCUT2D eigenvalue weighted by atomic mass is 16.1. The Hall–Kier alpha value is -1.51. The maximum Gasteiger partial charge on any atom is 0.217 e. The molecule has 3 heteroatoms. The maximum absolute atomic E-state index is 10.5. The third-order valence-corrected chi connectivity index (χ3v) is 2.34. The number of anilines is 1. The molecule has 0 aliphatic rings. The molecule has 15 heavy (non-hydrogen) atoms. The van der Waals surface area contributed by atoms with E-state index in [0.29, 0.717) is 6.42 Å². The van der Waals surface area contributed by atoms with Crippen LogP contribution in [0.15, 0.2) is 24.3 Å². The Bertz CT molecular complexity index is 323. The molecule has 1 amide bonds. The highest BCUT2D eigenvalue weighted by Gasteiger charge is 1.96. The molecule has 0 atom stereocenters. The molecule has 0 saturated carbocycles. The van der Waals surface area contributed by atoms with Gasteiger partial charge in [0.25, 0.3) is 0 Å². The monoisotopic (exact) mass is 206 g/mol. The number of primary amides is 1. The van der Waals surface area contributed by atoms with E-state index in [0.717, 1.165) is 31.4 Å². The van der Waals surface area contributed by atoms with Crippen molar-refractivity contribution in [2.75, 3.05) is 5.73 Å². The molecule has 0 aliphatic carbocycles. The SMILES string of the molecule is NC(=O)CCCCCc1cccc(N)c1. The summed E-state index contributed by atoms with van der Waals surface area (Å²) in [7, 11) is 0. The first kappa shape index (κ1) is 11.6. The second-order valence-electron chi connectivity index (χ2n) is 3.77. The molecule has 3 nitrogen and oxygen atoms in total. The zero-order chi connectivity index (χ0) is 11.1. The minimum absolute atomic E-state index is 0.209. The highest BCUT2D eigenvalue weighted by Crippen LogP contribution is 2.11. The van der Waals surface area contributed by atoms with E-state index in [2.05, 4.69) is 6.07 Å². The Morgan fingerprint density at radius 3 is 2.67 bits per heavy atom. The van der Waals surface area contributed by atoms with Crippen LogP contribution in [0.1, 0.15) is 31.2 Å². The number of rotatable bonds is 6. The van der Waals surface area contributed by atoms with Crippen molar-refractivity contribution < 1.29 is 4.79 Å². The lowest BCUT2D eigenvalue weighted by Gasteiger charge is -2.02. The average molecular weight is 206 g/mol. The molecular weight excluding hydrogens is 188 g/mol. The molecule has 82 valence electrons. The molecule has 1 aromatic carbocycles. The number of amides is 1. The number of hydrogen-bond donors (Lipinski definition) is 2. The Balaban J connectivity index is 2.17. The van der Waals surface area contributed by atoms with E-state index in [1.807, 2.05) is 18.2 Å². The van der Waals surface area contributed by atoms with Crippen LogP contribution < -0.4 is 11.5 Å². The Kier molecular flexibility index (Phi) is 4.68. The number of nitrogens with two attached hydrogens (primary N) is 2. The third-order valence-electron chi connectivity index (χ3n) is 2.34. The molecule has 0 aliphatic heterocycles.